The van der Waals surface area contributed by atoms with Crippen LogP contribution < -0.4 is 14.2 Å². The van der Waals surface area contributed by atoms with Crippen molar-refractivity contribution < 1.29 is 22.3 Å². The summed E-state index contributed by atoms with van der Waals surface area (Å²) < 4.78 is 51.6. The van der Waals surface area contributed by atoms with Gasteiger partial charge < -0.3 is 9.47 Å². The van der Waals surface area contributed by atoms with Gasteiger partial charge in [0.15, 0.2) is 11.5 Å². The highest BCUT2D eigenvalue weighted by Crippen LogP contribution is 2.28. The first-order chi connectivity index (χ1) is 11.9. The Kier molecular flexibility index (Phi) is 6.39. The molecule has 0 radical (unpaired) electrons. The maximum absolute atomic E-state index is 13.3. The van der Waals surface area contributed by atoms with Gasteiger partial charge in [0.25, 0.3) is 0 Å². The van der Waals surface area contributed by atoms with E-state index in [1.165, 1.54) is 19.1 Å². The molecule has 0 spiro atoms. The molecule has 5 nitrogen and oxygen atoms in total. The zero-order valence-electron chi connectivity index (χ0n) is 14.5. The first kappa shape index (κ1) is 19.2. The zero-order valence-corrected chi connectivity index (χ0v) is 15.3. The lowest BCUT2D eigenvalue weighted by Crippen LogP contribution is -2.23. The van der Waals surface area contributed by atoms with Crippen LogP contribution in [0.1, 0.15) is 25.0 Å². The second-order valence-electron chi connectivity index (χ2n) is 5.38. The van der Waals surface area contributed by atoms with Crippen LogP contribution in [0.3, 0.4) is 0 Å². The monoisotopic (exact) mass is 367 g/mol. The summed E-state index contributed by atoms with van der Waals surface area (Å²) in [6, 6.07) is 8.96. The van der Waals surface area contributed by atoms with Crippen LogP contribution in [0.2, 0.25) is 0 Å². The summed E-state index contributed by atoms with van der Waals surface area (Å²) in [4.78, 5) is 0.0300. The number of hydrogen-bond acceptors (Lipinski definition) is 4. The molecule has 0 amide bonds. The van der Waals surface area contributed by atoms with Crippen molar-refractivity contribution in [2.24, 2.45) is 0 Å². The Morgan fingerprint density at radius 2 is 1.68 bits per heavy atom. The van der Waals surface area contributed by atoms with E-state index in [2.05, 4.69) is 4.72 Å². The molecule has 2 aromatic carbocycles. The third kappa shape index (κ3) is 4.93. The van der Waals surface area contributed by atoms with Crippen LogP contribution in [-0.2, 0) is 16.6 Å². The van der Waals surface area contributed by atoms with Crippen molar-refractivity contribution in [2.75, 3.05) is 13.2 Å². The molecule has 0 bridgehead atoms. The van der Waals surface area contributed by atoms with Crippen LogP contribution in [-0.4, -0.2) is 21.6 Å². The summed E-state index contributed by atoms with van der Waals surface area (Å²) in [7, 11) is -3.73. The van der Waals surface area contributed by atoms with Crippen molar-refractivity contribution in [1.82, 2.24) is 4.72 Å². The SMILES string of the molecule is CCOc1ccc(CNS(=O)(=O)c2ccc(F)c(C)c2)cc1OCC. The molecule has 0 unspecified atom stereocenters. The van der Waals surface area contributed by atoms with E-state index in [1.807, 2.05) is 13.8 Å². The Hall–Kier alpha value is -2.12. The molecule has 136 valence electrons. The average molecular weight is 367 g/mol. The third-order valence-electron chi connectivity index (χ3n) is 3.51. The van der Waals surface area contributed by atoms with E-state index in [0.29, 0.717) is 24.7 Å². The van der Waals surface area contributed by atoms with E-state index >= 15 is 0 Å². The molecule has 0 saturated carbocycles. The van der Waals surface area contributed by atoms with Crippen LogP contribution >= 0.6 is 0 Å². The van der Waals surface area contributed by atoms with Gasteiger partial charge in [-0.2, -0.15) is 0 Å². The van der Waals surface area contributed by atoms with Crippen molar-refractivity contribution in [1.29, 1.82) is 0 Å². The minimum Gasteiger partial charge on any atom is -0.490 e. The van der Waals surface area contributed by atoms with Gasteiger partial charge in [-0.05, 0) is 62.2 Å². The van der Waals surface area contributed by atoms with Gasteiger partial charge in [-0.3, -0.25) is 0 Å². The molecule has 7 heteroatoms. The smallest absolute Gasteiger partial charge is 0.240 e. The fraction of sp³-hybridized carbons (Fsp3) is 0.333. The van der Waals surface area contributed by atoms with Gasteiger partial charge in [-0.25, -0.2) is 17.5 Å². The minimum atomic E-state index is -3.73. The van der Waals surface area contributed by atoms with Crippen molar-refractivity contribution >= 4 is 10.0 Å². The molecule has 1 N–H and O–H groups in total. The molecule has 2 rings (SSSR count). The van der Waals surface area contributed by atoms with Gasteiger partial charge in [-0.15, -0.1) is 0 Å². The number of hydrogen-bond donors (Lipinski definition) is 1. The topological polar surface area (TPSA) is 64.6 Å². The minimum absolute atomic E-state index is 0.0300. The van der Waals surface area contributed by atoms with Gasteiger partial charge in [-0.1, -0.05) is 6.07 Å². The number of ether oxygens (including phenoxy) is 2. The second-order valence-corrected chi connectivity index (χ2v) is 7.15. The Labute approximate surface area is 147 Å². The highest BCUT2D eigenvalue weighted by Gasteiger charge is 2.15. The predicted octanol–water partition coefficient (Wildman–Crippen LogP) is 3.41. The first-order valence-electron chi connectivity index (χ1n) is 8.01. The van der Waals surface area contributed by atoms with Gasteiger partial charge in [0.2, 0.25) is 10.0 Å². The molecule has 0 saturated heterocycles. The van der Waals surface area contributed by atoms with E-state index in [0.717, 1.165) is 11.6 Å². The van der Waals surface area contributed by atoms with E-state index in [-0.39, 0.29) is 17.0 Å². The van der Waals surface area contributed by atoms with Gasteiger partial charge in [0.1, 0.15) is 5.82 Å². The molecule has 0 aliphatic carbocycles. The van der Waals surface area contributed by atoms with Gasteiger partial charge in [0, 0.05) is 6.54 Å². The van der Waals surface area contributed by atoms with Crippen molar-refractivity contribution in [3.63, 3.8) is 0 Å². The van der Waals surface area contributed by atoms with E-state index in [4.69, 9.17) is 9.47 Å². The molecule has 0 aliphatic heterocycles. The lowest BCUT2D eigenvalue weighted by Gasteiger charge is -2.13. The highest BCUT2D eigenvalue weighted by molar-refractivity contribution is 7.89. The Morgan fingerprint density at radius 3 is 2.32 bits per heavy atom. The number of rotatable bonds is 8. The molecule has 0 atom stereocenters. The normalized spacial score (nSPS) is 11.4. The van der Waals surface area contributed by atoms with Gasteiger partial charge in [0.05, 0.1) is 18.1 Å². The van der Waals surface area contributed by atoms with Crippen molar-refractivity contribution in [2.45, 2.75) is 32.2 Å². The maximum atomic E-state index is 13.3. The van der Waals surface area contributed by atoms with Crippen LogP contribution in [0.4, 0.5) is 4.39 Å². The Balaban J connectivity index is 2.16. The quantitative estimate of drug-likeness (QED) is 0.777. The number of benzene rings is 2. The molecule has 0 aromatic heterocycles. The van der Waals surface area contributed by atoms with E-state index < -0.39 is 15.8 Å². The van der Waals surface area contributed by atoms with Crippen LogP contribution in [0, 0.1) is 12.7 Å². The van der Waals surface area contributed by atoms with Crippen LogP contribution in [0.15, 0.2) is 41.3 Å². The fourth-order valence-electron chi connectivity index (χ4n) is 2.25. The molecular weight excluding hydrogens is 345 g/mol. The standard InChI is InChI=1S/C18H22FNO4S/c1-4-23-17-9-6-14(11-18(17)24-5-2)12-20-25(21,22)15-7-8-16(19)13(3)10-15/h6-11,20H,4-5,12H2,1-3H3. The summed E-state index contributed by atoms with van der Waals surface area (Å²) >= 11 is 0. The third-order valence-corrected chi connectivity index (χ3v) is 4.91. The number of nitrogens with one attached hydrogen (secondary N) is 1. The van der Waals surface area contributed by atoms with Crippen molar-refractivity contribution in [3.8, 4) is 11.5 Å². The molecule has 2 aromatic rings. The number of halogens is 1. The summed E-state index contributed by atoms with van der Waals surface area (Å²) in [5, 5.41) is 0. The summed E-state index contributed by atoms with van der Waals surface area (Å²) in [5.74, 6) is 0.746. The zero-order chi connectivity index (χ0) is 18.4. The Bertz CT molecular complexity index is 837. The molecule has 0 fully saturated rings. The van der Waals surface area contributed by atoms with E-state index in [1.54, 1.807) is 18.2 Å². The molecule has 25 heavy (non-hydrogen) atoms. The lowest BCUT2D eigenvalue weighted by molar-refractivity contribution is 0.287. The largest absolute Gasteiger partial charge is 0.490 e. The van der Waals surface area contributed by atoms with E-state index in [9.17, 15) is 12.8 Å². The van der Waals surface area contributed by atoms with Crippen molar-refractivity contribution in [3.05, 3.63) is 53.3 Å². The molecule has 0 aliphatic rings. The number of sulfonamides is 1. The summed E-state index contributed by atoms with van der Waals surface area (Å²) in [6.07, 6.45) is 0. The predicted molar refractivity (Wildman–Crippen MR) is 93.9 cm³/mol. The lowest BCUT2D eigenvalue weighted by atomic mass is 10.2. The molecular formula is C18H22FNO4S. The fourth-order valence-corrected chi connectivity index (χ4v) is 3.35. The maximum Gasteiger partial charge on any atom is 0.240 e. The molecule has 0 heterocycles. The van der Waals surface area contributed by atoms with Crippen LogP contribution in [0.5, 0.6) is 11.5 Å². The van der Waals surface area contributed by atoms with Crippen LogP contribution in [0.25, 0.3) is 0 Å². The highest BCUT2D eigenvalue weighted by atomic mass is 32.2. The summed E-state index contributed by atoms with van der Waals surface area (Å²) in [5.41, 5.74) is 1.01. The second kappa shape index (κ2) is 8.31. The average Bonchev–Trinajstić information content (AvgIpc) is 2.58. The van der Waals surface area contributed by atoms with Gasteiger partial charge >= 0.3 is 0 Å². The first-order valence-corrected chi connectivity index (χ1v) is 9.50. The summed E-state index contributed by atoms with van der Waals surface area (Å²) in [6.45, 7) is 6.34. The Morgan fingerprint density at radius 1 is 1.00 bits per heavy atom. The number of aryl methyl sites for hydroxylation is 1.